The summed E-state index contributed by atoms with van der Waals surface area (Å²) in [6.07, 6.45) is 8.28. The molecule has 9 atom stereocenters. The van der Waals surface area contributed by atoms with Crippen LogP contribution in [0, 0.1) is 28.1 Å². The molecule has 4 aliphatic carbocycles. The first kappa shape index (κ1) is 26.7. The lowest BCUT2D eigenvalue weighted by atomic mass is 9.39. The lowest BCUT2D eigenvalue weighted by molar-refractivity contribution is -0.222. The average Bonchev–Trinajstić information content (AvgIpc) is 3.37. The number of anilines is 1. The van der Waals surface area contributed by atoms with Crippen LogP contribution in [0.5, 0.6) is 5.75 Å². The molecule has 1 aromatic rings. The van der Waals surface area contributed by atoms with Crippen LogP contribution in [0.15, 0.2) is 48.1 Å². The molecule has 0 spiro atoms. The van der Waals surface area contributed by atoms with E-state index in [1.807, 2.05) is 6.08 Å². The van der Waals surface area contributed by atoms with Crippen molar-refractivity contribution < 1.29 is 28.9 Å². The molecule has 6 rings (SSSR count). The molecule has 5 aliphatic rings. The standard InChI is InChI=1S/C32H41NO6/c1-5-6-28-38-27-16-24-23-12-7-19-15-21(34)13-14-29(19,2)31(23,4)25(35)17-30(24,3)32(27,39-28)26(36)18-37-22-10-8-20(33)9-11-22/h8-11,13-15,23-25,27-28,35H,5-7,12,16-18,33H2,1-4H3/t23-,24-,25-,27+,28+,29-,30-,31+,32+/m0/s1. The minimum atomic E-state index is -1.19. The summed E-state index contributed by atoms with van der Waals surface area (Å²) in [5, 5.41) is 12.1. The Morgan fingerprint density at radius 3 is 2.64 bits per heavy atom. The predicted octanol–water partition coefficient (Wildman–Crippen LogP) is 4.78. The van der Waals surface area contributed by atoms with Gasteiger partial charge in [0.15, 0.2) is 17.7 Å². The van der Waals surface area contributed by atoms with E-state index < -0.39 is 40.3 Å². The van der Waals surface area contributed by atoms with Gasteiger partial charge in [-0.25, -0.2) is 0 Å². The van der Waals surface area contributed by atoms with Gasteiger partial charge >= 0.3 is 0 Å². The third kappa shape index (κ3) is 3.52. The fourth-order valence-corrected chi connectivity index (χ4v) is 9.14. The van der Waals surface area contributed by atoms with Gasteiger partial charge in [-0.15, -0.1) is 0 Å². The third-order valence-corrected chi connectivity index (χ3v) is 11.4. The van der Waals surface area contributed by atoms with Gasteiger partial charge in [-0.1, -0.05) is 45.8 Å². The van der Waals surface area contributed by atoms with Gasteiger partial charge in [0.25, 0.3) is 0 Å². The van der Waals surface area contributed by atoms with Gasteiger partial charge in [0.1, 0.15) is 12.4 Å². The summed E-state index contributed by atoms with van der Waals surface area (Å²) in [4.78, 5) is 26.5. The lowest BCUT2D eigenvalue weighted by Gasteiger charge is -2.65. The highest BCUT2D eigenvalue weighted by Crippen LogP contribution is 2.73. The van der Waals surface area contributed by atoms with E-state index in [1.54, 1.807) is 36.4 Å². The molecule has 0 unspecified atom stereocenters. The number of allylic oxidation sites excluding steroid dienone is 4. The Hall–Kier alpha value is -2.48. The predicted molar refractivity (Wildman–Crippen MR) is 147 cm³/mol. The minimum absolute atomic E-state index is 0.0180. The van der Waals surface area contributed by atoms with Crippen molar-refractivity contribution in [3.05, 3.63) is 48.1 Å². The van der Waals surface area contributed by atoms with Gasteiger partial charge in [-0.3, -0.25) is 9.59 Å². The molecule has 1 heterocycles. The van der Waals surface area contributed by atoms with E-state index in [2.05, 4.69) is 27.7 Å². The minimum Gasteiger partial charge on any atom is -0.486 e. The molecule has 1 aromatic carbocycles. The quantitative estimate of drug-likeness (QED) is 0.505. The number of carbonyl (C=O) groups is 2. The van der Waals surface area contributed by atoms with Crippen molar-refractivity contribution in [2.24, 2.45) is 28.1 Å². The second-order valence-electron chi connectivity index (χ2n) is 13.0. The number of fused-ring (bicyclic) bond motifs is 7. The normalized spacial score (nSPS) is 44.2. The highest BCUT2D eigenvalue weighted by atomic mass is 16.7. The van der Waals surface area contributed by atoms with Crippen LogP contribution in [-0.4, -0.2) is 47.4 Å². The number of aliphatic hydroxyl groups excluding tert-OH is 1. The Labute approximate surface area is 230 Å². The van der Waals surface area contributed by atoms with Gasteiger partial charge in [0, 0.05) is 21.9 Å². The topological polar surface area (TPSA) is 108 Å². The van der Waals surface area contributed by atoms with Crippen LogP contribution >= 0.6 is 0 Å². The van der Waals surface area contributed by atoms with Crippen molar-refractivity contribution in [3.63, 3.8) is 0 Å². The maximum atomic E-state index is 14.3. The summed E-state index contributed by atoms with van der Waals surface area (Å²) < 4.78 is 19.2. The highest BCUT2D eigenvalue weighted by molar-refractivity contribution is 6.01. The molecule has 0 amide bonds. The first-order valence-electron chi connectivity index (χ1n) is 14.5. The van der Waals surface area contributed by atoms with Crippen LogP contribution < -0.4 is 10.5 Å². The number of nitrogen functional groups attached to an aromatic ring is 1. The molecule has 210 valence electrons. The number of ether oxygens (including phenoxy) is 3. The summed E-state index contributed by atoms with van der Waals surface area (Å²) in [5.41, 5.74) is 4.82. The second kappa shape index (κ2) is 9.02. The zero-order valence-corrected chi connectivity index (χ0v) is 23.4. The SMILES string of the molecule is CCC[C@@H]1O[C@@H]2C[C@H]3[C@@H]4CCC5=CC(=O)C=C[C@]5(C)[C@@]4(C)[C@@H](O)C[C@]3(C)[C@]2(C(=O)COc2ccc(N)cc2)O1. The van der Waals surface area contributed by atoms with Crippen molar-refractivity contribution >= 4 is 17.3 Å². The van der Waals surface area contributed by atoms with Crippen LogP contribution in [0.2, 0.25) is 0 Å². The smallest absolute Gasteiger partial charge is 0.205 e. The molecule has 0 aromatic heterocycles. The molecule has 3 N–H and O–H groups in total. The van der Waals surface area contributed by atoms with E-state index in [1.165, 1.54) is 0 Å². The zero-order chi connectivity index (χ0) is 27.8. The highest BCUT2D eigenvalue weighted by Gasteiger charge is 2.77. The number of hydrogen-bond donors (Lipinski definition) is 2. The Bertz CT molecular complexity index is 1240. The monoisotopic (exact) mass is 535 g/mol. The van der Waals surface area contributed by atoms with Crippen molar-refractivity contribution in [3.8, 4) is 5.75 Å². The molecule has 0 radical (unpaired) electrons. The van der Waals surface area contributed by atoms with E-state index in [-0.39, 0.29) is 30.0 Å². The summed E-state index contributed by atoms with van der Waals surface area (Å²) >= 11 is 0. The Balaban J connectivity index is 1.37. The van der Waals surface area contributed by atoms with Crippen molar-refractivity contribution in [1.82, 2.24) is 0 Å². The Morgan fingerprint density at radius 1 is 1.18 bits per heavy atom. The van der Waals surface area contributed by atoms with Crippen LogP contribution in [0.1, 0.15) is 66.2 Å². The third-order valence-electron chi connectivity index (χ3n) is 11.4. The van der Waals surface area contributed by atoms with E-state index in [0.29, 0.717) is 30.7 Å². The van der Waals surface area contributed by atoms with E-state index in [0.717, 1.165) is 24.8 Å². The molecule has 7 nitrogen and oxygen atoms in total. The van der Waals surface area contributed by atoms with Gasteiger partial charge in [0.05, 0.1) is 12.2 Å². The van der Waals surface area contributed by atoms with Crippen LogP contribution in [0.4, 0.5) is 5.69 Å². The van der Waals surface area contributed by atoms with Crippen LogP contribution in [0.25, 0.3) is 0 Å². The van der Waals surface area contributed by atoms with Crippen LogP contribution in [0.3, 0.4) is 0 Å². The number of hydrogen-bond acceptors (Lipinski definition) is 7. The molecule has 1 aliphatic heterocycles. The molecule has 39 heavy (non-hydrogen) atoms. The number of carbonyl (C=O) groups excluding carboxylic acids is 2. The Morgan fingerprint density at radius 2 is 1.92 bits per heavy atom. The molecular weight excluding hydrogens is 494 g/mol. The maximum absolute atomic E-state index is 14.3. The Kier molecular flexibility index (Phi) is 6.18. The molecular formula is C32H41NO6. The summed E-state index contributed by atoms with van der Waals surface area (Å²) in [6, 6.07) is 7.01. The number of nitrogens with two attached hydrogens (primary N) is 1. The fraction of sp³-hybridized carbons (Fsp3) is 0.625. The number of rotatable bonds is 6. The van der Waals surface area contributed by atoms with Gasteiger partial charge in [0.2, 0.25) is 5.78 Å². The van der Waals surface area contributed by atoms with E-state index >= 15 is 0 Å². The molecule has 4 fully saturated rings. The first-order valence-corrected chi connectivity index (χ1v) is 14.5. The largest absolute Gasteiger partial charge is 0.486 e. The second-order valence-corrected chi connectivity index (χ2v) is 13.0. The van der Waals surface area contributed by atoms with E-state index in [9.17, 15) is 14.7 Å². The van der Waals surface area contributed by atoms with Crippen molar-refractivity contribution in [2.75, 3.05) is 12.3 Å². The van der Waals surface area contributed by atoms with Crippen LogP contribution in [-0.2, 0) is 19.1 Å². The first-order chi connectivity index (χ1) is 18.5. The lowest BCUT2D eigenvalue weighted by Crippen LogP contribution is -2.67. The molecule has 3 saturated carbocycles. The average molecular weight is 536 g/mol. The molecule has 1 saturated heterocycles. The summed E-state index contributed by atoms with van der Waals surface area (Å²) in [7, 11) is 0. The zero-order valence-electron chi connectivity index (χ0n) is 23.4. The number of aliphatic hydroxyl groups is 1. The summed E-state index contributed by atoms with van der Waals surface area (Å²) in [5.74, 6) is 0.710. The maximum Gasteiger partial charge on any atom is 0.205 e. The fourth-order valence-electron chi connectivity index (χ4n) is 9.14. The number of benzene rings is 1. The van der Waals surface area contributed by atoms with Crippen molar-refractivity contribution in [2.45, 2.75) is 90.3 Å². The molecule has 7 heteroatoms. The molecule has 0 bridgehead atoms. The van der Waals surface area contributed by atoms with Crippen molar-refractivity contribution in [1.29, 1.82) is 0 Å². The van der Waals surface area contributed by atoms with Gasteiger partial charge < -0.3 is 25.1 Å². The number of ketones is 2. The van der Waals surface area contributed by atoms with Gasteiger partial charge in [-0.2, -0.15) is 0 Å². The summed E-state index contributed by atoms with van der Waals surface area (Å²) in [6.45, 7) is 8.42. The van der Waals surface area contributed by atoms with E-state index in [4.69, 9.17) is 19.9 Å². The number of Topliss-reactive ketones (excluding diaryl/α,β-unsaturated/α-hetero) is 1. The van der Waals surface area contributed by atoms with Gasteiger partial charge in [-0.05, 0) is 80.4 Å².